The molecule has 0 bridgehead atoms. The smallest absolute Gasteiger partial charge is 0.181 e. The van der Waals surface area contributed by atoms with E-state index < -0.39 is 9.84 Å². The molecule has 0 radical (unpaired) electrons. The van der Waals surface area contributed by atoms with Crippen LogP contribution in [0.25, 0.3) is 0 Å². The summed E-state index contributed by atoms with van der Waals surface area (Å²) in [6, 6.07) is 14.3. The largest absolute Gasteiger partial charge is 0.384 e. The summed E-state index contributed by atoms with van der Waals surface area (Å²) in [6.45, 7) is 2.34. The quantitative estimate of drug-likeness (QED) is 0.919. The predicted molar refractivity (Wildman–Crippen MR) is 83.2 cm³/mol. The topological polar surface area (TPSA) is 46.2 Å². The fourth-order valence-corrected chi connectivity index (χ4v) is 3.62. The minimum Gasteiger partial charge on any atom is -0.384 e. The van der Waals surface area contributed by atoms with E-state index in [9.17, 15) is 8.42 Å². The van der Waals surface area contributed by atoms with Crippen molar-refractivity contribution < 1.29 is 8.42 Å². The molecule has 1 N–H and O–H groups in total. The van der Waals surface area contributed by atoms with E-state index in [4.69, 9.17) is 11.6 Å². The molecule has 0 saturated carbocycles. The van der Waals surface area contributed by atoms with Crippen molar-refractivity contribution in [1.82, 2.24) is 0 Å². The van der Waals surface area contributed by atoms with Gasteiger partial charge in [-0.15, -0.1) is 0 Å². The lowest BCUT2D eigenvalue weighted by Gasteiger charge is -2.09. The highest BCUT2D eigenvalue weighted by Crippen LogP contribution is 2.21. The van der Waals surface area contributed by atoms with Gasteiger partial charge in [0.1, 0.15) is 0 Å². The fraction of sp³-hybridized carbons (Fsp3) is 0.200. The van der Waals surface area contributed by atoms with Crippen LogP contribution < -0.4 is 5.32 Å². The molecule has 0 unspecified atom stereocenters. The Morgan fingerprint density at radius 3 is 2.55 bits per heavy atom. The van der Waals surface area contributed by atoms with E-state index in [2.05, 4.69) is 5.32 Å². The van der Waals surface area contributed by atoms with Crippen molar-refractivity contribution in [2.45, 2.75) is 11.8 Å². The Balaban J connectivity index is 2.02. The second-order valence-corrected chi connectivity index (χ2v) is 7.03. The normalized spacial score (nSPS) is 11.3. The van der Waals surface area contributed by atoms with Crippen LogP contribution >= 0.6 is 11.6 Å². The Hall–Kier alpha value is -1.52. The summed E-state index contributed by atoms with van der Waals surface area (Å²) in [6.07, 6.45) is 0. The molecule has 0 fully saturated rings. The Kier molecular flexibility index (Phi) is 4.68. The zero-order valence-electron chi connectivity index (χ0n) is 11.1. The van der Waals surface area contributed by atoms with Gasteiger partial charge in [-0.2, -0.15) is 0 Å². The van der Waals surface area contributed by atoms with Gasteiger partial charge >= 0.3 is 0 Å². The van der Waals surface area contributed by atoms with Crippen molar-refractivity contribution in [3.05, 3.63) is 59.1 Å². The Morgan fingerprint density at radius 2 is 1.85 bits per heavy atom. The lowest BCUT2D eigenvalue weighted by Crippen LogP contribution is -2.16. The molecule has 0 amide bonds. The summed E-state index contributed by atoms with van der Waals surface area (Å²) in [7, 11) is -3.37. The molecular formula is C15H16ClNO2S. The molecule has 5 heteroatoms. The first-order valence-corrected chi connectivity index (χ1v) is 8.30. The van der Waals surface area contributed by atoms with Gasteiger partial charge in [-0.1, -0.05) is 35.9 Å². The molecule has 0 atom stereocenters. The van der Waals surface area contributed by atoms with Gasteiger partial charge in [0, 0.05) is 12.2 Å². The third kappa shape index (κ3) is 3.74. The van der Waals surface area contributed by atoms with Gasteiger partial charge in [0.25, 0.3) is 0 Å². The molecule has 2 aromatic rings. The summed E-state index contributed by atoms with van der Waals surface area (Å²) in [5.74, 6) is 0.00464. The molecule has 0 spiro atoms. The van der Waals surface area contributed by atoms with Crippen molar-refractivity contribution in [1.29, 1.82) is 0 Å². The number of anilines is 1. The van der Waals surface area contributed by atoms with Gasteiger partial charge in [0.15, 0.2) is 9.84 Å². The van der Waals surface area contributed by atoms with Gasteiger partial charge in [-0.05, 0) is 36.8 Å². The van der Waals surface area contributed by atoms with E-state index >= 15 is 0 Å². The molecule has 2 aromatic carbocycles. The molecule has 0 aliphatic heterocycles. The highest BCUT2D eigenvalue weighted by Gasteiger charge is 2.16. The second-order valence-electron chi connectivity index (χ2n) is 4.55. The summed E-state index contributed by atoms with van der Waals surface area (Å²) >= 11 is 5.93. The number of nitrogens with one attached hydrogen (secondary N) is 1. The van der Waals surface area contributed by atoms with Crippen LogP contribution in [0.3, 0.4) is 0 Å². The fourth-order valence-electron chi connectivity index (χ4n) is 1.89. The first kappa shape index (κ1) is 14.9. The van der Waals surface area contributed by atoms with Crippen molar-refractivity contribution in [3.8, 4) is 0 Å². The Morgan fingerprint density at radius 1 is 1.10 bits per heavy atom. The molecule has 0 heterocycles. The molecule has 0 aromatic heterocycles. The van der Waals surface area contributed by atoms with Gasteiger partial charge in [-0.3, -0.25) is 0 Å². The van der Waals surface area contributed by atoms with Crippen LogP contribution in [0.1, 0.15) is 5.56 Å². The number of hydrogen-bond acceptors (Lipinski definition) is 3. The Labute approximate surface area is 124 Å². The summed E-state index contributed by atoms with van der Waals surface area (Å²) in [5.41, 5.74) is 2.04. The van der Waals surface area contributed by atoms with Gasteiger partial charge in [0.2, 0.25) is 0 Å². The Bertz CT molecular complexity index is 699. The molecule has 20 heavy (non-hydrogen) atoms. The van der Waals surface area contributed by atoms with Crippen molar-refractivity contribution in [2.24, 2.45) is 0 Å². The molecule has 3 nitrogen and oxygen atoms in total. The van der Waals surface area contributed by atoms with E-state index in [0.717, 1.165) is 11.3 Å². The minimum absolute atomic E-state index is 0.00464. The molecule has 0 aliphatic rings. The van der Waals surface area contributed by atoms with Gasteiger partial charge in [-0.25, -0.2) is 8.42 Å². The third-order valence-corrected chi connectivity index (χ3v) is 5.10. The second kappa shape index (κ2) is 6.29. The highest BCUT2D eigenvalue weighted by molar-refractivity contribution is 7.91. The van der Waals surface area contributed by atoms with Gasteiger partial charge in [0.05, 0.1) is 15.7 Å². The maximum absolute atomic E-state index is 12.2. The average Bonchev–Trinajstić information content (AvgIpc) is 2.39. The van der Waals surface area contributed by atoms with Gasteiger partial charge < -0.3 is 5.32 Å². The molecular weight excluding hydrogens is 294 g/mol. The monoisotopic (exact) mass is 309 g/mol. The molecule has 2 rings (SSSR count). The minimum atomic E-state index is -3.37. The maximum atomic E-state index is 12.2. The van der Waals surface area contributed by atoms with Crippen LogP contribution in [-0.2, 0) is 9.84 Å². The summed E-state index contributed by atoms with van der Waals surface area (Å²) in [4.78, 5) is 0.188. The number of sulfone groups is 1. The van der Waals surface area contributed by atoms with Crippen molar-refractivity contribution in [3.63, 3.8) is 0 Å². The van der Waals surface area contributed by atoms with E-state index in [-0.39, 0.29) is 15.7 Å². The molecule has 0 aliphatic carbocycles. The first-order valence-electron chi connectivity index (χ1n) is 6.27. The summed E-state index contributed by atoms with van der Waals surface area (Å²) in [5, 5.41) is 3.38. The van der Waals surface area contributed by atoms with Crippen LogP contribution in [0.5, 0.6) is 0 Å². The lowest BCUT2D eigenvalue weighted by atomic mass is 10.2. The maximum Gasteiger partial charge on any atom is 0.181 e. The van der Waals surface area contributed by atoms with Crippen molar-refractivity contribution >= 4 is 27.1 Å². The van der Waals surface area contributed by atoms with Crippen LogP contribution in [0, 0.1) is 6.92 Å². The van der Waals surface area contributed by atoms with Crippen LogP contribution in [-0.4, -0.2) is 20.7 Å². The zero-order valence-corrected chi connectivity index (χ0v) is 12.7. The summed E-state index contributed by atoms with van der Waals surface area (Å²) < 4.78 is 24.4. The molecule has 0 saturated heterocycles. The lowest BCUT2D eigenvalue weighted by molar-refractivity contribution is 0.596. The average molecular weight is 310 g/mol. The number of hydrogen-bond donors (Lipinski definition) is 1. The predicted octanol–water partition coefficient (Wildman–Crippen LogP) is 3.53. The van der Waals surface area contributed by atoms with E-state index in [1.807, 2.05) is 31.2 Å². The number of rotatable bonds is 5. The zero-order chi connectivity index (χ0) is 14.6. The van der Waals surface area contributed by atoms with Crippen LogP contribution in [0.2, 0.25) is 5.02 Å². The highest BCUT2D eigenvalue weighted by atomic mass is 35.5. The number of benzene rings is 2. The van der Waals surface area contributed by atoms with E-state index in [0.29, 0.717) is 6.54 Å². The van der Waals surface area contributed by atoms with Crippen LogP contribution in [0.15, 0.2) is 53.4 Å². The SMILES string of the molecule is Cc1cccc(NCCS(=O)(=O)c2ccccc2Cl)c1. The van der Waals surface area contributed by atoms with Crippen LogP contribution in [0.4, 0.5) is 5.69 Å². The third-order valence-electron chi connectivity index (χ3n) is 2.89. The number of halogens is 1. The first-order chi connectivity index (χ1) is 9.49. The van der Waals surface area contributed by atoms with Crippen molar-refractivity contribution in [2.75, 3.05) is 17.6 Å². The number of aryl methyl sites for hydroxylation is 1. The van der Waals surface area contributed by atoms with E-state index in [1.165, 1.54) is 6.07 Å². The van der Waals surface area contributed by atoms with E-state index in [1.54, 1.807) is 18.2 Å². The molecule has 106 valence electrons. The standard InChI is InChI=1S/C15H16ClNO2S/c1-12-5-4-6-13(11-12)17-9-10-20(18,19)15-8-3-2-7-14(15)16/h2-8,11,17H,9-10H2,1H3.